The molecule has 2 aliphatic rings. The Hall–Kier alpha value is -1.51. The van der Waals surface area contributed by atoms with Gasteiger partial charge in [0.25, 0.3) is 0 Å². The number of likely N-dealkylation sites (tertiary alicyclic amines) is 1. The molecule has 108 valence electrons. The molecular formula is C17H24N2O. The van der Waals surface area contributed by atoms with E-state index in [-0.39, 0.29) is 5.91 Å². The average molecular weight is 272 g/mol. The van der Waals surface area contributed by atoms with Crippen molar-refractivity contribution in [3.63, 3.8) is 0 Å². The van der Waals surface area contributed by atoms with E-state index in [0.717, 1.165) is 24.3 Å². The molecule has 0 radical (unpaired) electrons. The molecule has 0 unspecified atom stereocenters. The number of carbonyl (C=O) groups is 1. The normalized spacial score (nSPS) is 21.3. The van der Waals surface area contributed by atoms with Crippen LogP contribution in [0.2, 0.25) is 0 Å². The lowest BCUT2D eigenvalue weighted by molar-refractivity contribution is -0.132. The topological polar surface area (TPSA) is 46.3 Å². The lowest BCUT2D eigenvalue weighted by Crippen LogP contribution is -2.42. The summed E-state index contributed by atoms with van der Waals surface area (Å²) >= 11 is 0. The summed E-state index contributed by atoms with van der Waals surface area (Å²) < 4.78 is 0. The van der Waals surface area contributed by atoms with Crippen LogP contribution in [0.1, 0.15) is 44.1 Å². The Morgan fingerprint density at radius 2 is 1.75 bits per heavy atom. The molecule has 3 rings (SSSR count). The van der Waals surface area contributed by atoms with Crippen molar-refractivity contribution in [3.8, 4) is 0 Å². The van der Waals surface area contributed by atoms with Gasteiger partial charge in [0.15, 0.2) is 0 Å². The third-order valence-corrected chi connectivity index (χ3v) is 5.24. The second-order valence-corrected chi connectivity index (χ2v) is 6.46. The van der Waals surface area contributed by atoms with E-state index in [2.05, 4.69) is 0 Å². The minimum absolute atomic E-state index is 0.232. The van der Waals surface area contributed by atoms with Crippen LogP contribution in [-0.4, -0.2) is 23.9 Å². The number of amides is 1. The van der Waals surface area contributed by atoms with Crippen LogP contribution in [0.15, 0.2) is 24.3 Å². The molecule has 20 heavy (non-hydrogen) atoms. The van der Waals surface area contributed by atoms with Crippen molar-refractivity contribution < 1.29 is 4.79 Å². The maximum absolute atomic E-state index is 12.4. The highest BCUT2D eigenvalue weighted by Gasteiger charge is 2.37. The fraction of sp³-hybridized carbons (Fsp3) is 0.588. The van der Waals surface area contributed by atoms with Crippen molar-refractivity contribution in [1.82, 2.24) is 4.90 Å². The molecule has 1 saturated heterocycles. The number of nitrogen functional groups attached to an aromatic ring is 1. The lowest BCUT2D eigenvalue weighted by atomic mass is 9.77. The Morgan fingerprint density at radius 1 is 1.10 bits per heavy atom. The van der Waals surface area contributed by atoms with Crippen molar-refractivity contribution in [2.45, 2.75) is 44.9 Å². The van der Waals surface area contributed by atoms with E-state index < -0.39 is 0 Å². The minimum atomic E-state index is 0.232. The first-order chi connectivity index (χ1) is 9.69. The number of rotatable bonds is 2. The zero-order chi connectivity index (χ0) is 14.0. The van der Waals surface area contributed by atoms with Crippen LogP contribution in [0, 0.1) is 5.41 Å². The number of hydrogen-bond donors (Lipinski definition) is 1. The zero-order valence-corrected chi connectivity index (χ0v) is 12.1. The van der Waals surface area contributed by atoms with Crippen LogP contribution >= 0.6 is 0 Å². The number of hydrogen-bond acceptors (Lipinski definition) is 2. The number of benzene rings is 1. The van der Waals surface area contributed by atoms with Gasteiger partial charge in [-0.2, -0.15) is 0 Å². The molecule has 1 aliphatic carbocycles. The summed E-state index contributed by atoms with van der Waals surface area (Å²) in [5, 5.41) is 0. The van der Waals surface area contributed by atoms with Gasteiger partial charge in [-0.05, 0) is 42.7 Å². The van der Waals surface area contributed by atoms with Gasteiger partial charge in [0.1, 0.15) is 0 Å². The second-order valence-electron chi connectivity index (χ2n) is 6.46. The van der Waals surface area contributed by atoms with E-state index >= 15 is 0 Å². The van der Waals surface area contributed by atoms with Crippen molar-refractivity contribution in [2.75, 3.05) is 18.8 Å². The monoisotopic (exact) mass is 272 g/mol. The first-order valence-corrected chi connectivity index (χ1v) is 7.80. The Morgan fingerprint density at radius 3 is 2.40 bits per heavy atom. The van der Waals surface area contributed by atoms with Gasteiger partial charge in [0.05, 0.1) is 6.42 Å². The van der Waals surface area contributed by atoms with E-state index in [1.807, 2.05) is 29.2 Å². The summed E-state index contributed by atoms with van der Waals surface area (Å²) in [5.41, 5.74) is 8.18. The molecule has 0 atom stereocenters. The van der Waals surface area contributed by atoms with Gasteiger partial charge in [-0.1, -0.05) is 31.0 Å². The predicted octanol–water partition coefficient (Wildman–Crippen LogP) is 2.99. The highest BCUT2D eigenvalue weighted by atomic mass is 16.2. The molecule has 2 N–H and O–H groups in total. The van der Waals surface area contributed by atoms with Crippen LogP contribution in [0.4, 0.5) is 5.69 Å². The Balaban J connectivity index is 1.58. The molecule has 1 aromatic carbocycles. The smallest absolute Gasteiger partial charge is 0.227 e. The van der Waals surface area contributed by atoms with E-state index in [1.54, 1.807) is 0 Å². The van der Waals surface area contributed by atoms with Crippen LogP contribution in [-0.2, 0) is 11.2 Å². The fourth-order valence-corrected chi connectivity index (χ4v) is 3.83. The summed E-state index contributed by atoms with van der Waals surface area (Å²) in [6, 6.07) is 7.68. The highest BCUT2D eigenvalue weighted by Crippen LogP contribution is 2.46. The van der Waals surface area contributed by atoms with Crippen molar-refractivity contribution in [2.24, 2.45) is 5.41 Å². The van der Waals surface area contributed by atoms with Gasteiger partial charge in [-0.3, -0.25) is 4.79 Å². The van der Waals surface area contributed by atoms with Crippen molar-refractivity contribution in [1.29, 1.82) is 0 Å². The zero-order valence-electron chi connectivity index (χ0n) is 12.1. The second kappa shape index (κ2) is 5.47. The van der Waals surface area contributed by atoms with Gasteiger partial charge in [0, 0.05) is 18.8 Å². The number of nitrogens with zero attached hydrogens (tertiary/aromatic N) is 1. The van der Waals surface area contributed by atoms with Crippen molar-refractivity contribution in [3.05, 3.63) is 29.8 Å². The Kier molecular flexibility index (Phi) is 3.68. The predicted molar refractivity (Wildman–Crippen MR) is 81.3 cm³/mol. The number of carbonyl (C=O) groups excluding carboxylic acids is 1. The standard InChI is InChI=1S/C17H24N2O/c18-15-6-2-1-5-14(15)13-16(20)19-11-9-17(10-12-19)7-3-4-8-17/h1-2,5-6H,3-4,7-13,18H2. The van der Waals surface area contributed by atoms with E-state index in [0.29, 0.717) is 11.8 Å². The van der Waals surface area contributed by atoms with Crippen LogP contribution in [0.5, 0.6) is 0 Å². The molecule has 0 aromatic heterocycles. The van der Waals surface area contributed by atoms with E-state index in [9.17, 15) is 4.79 Å². The Labute approximate surface area is 121 Å². The van der Waals surface area contributed by atoms with Crippen LogP contribution in [0.25, 0.3) is 0 Å². The third kappa shape index (κ3) is 2.67. The molecule has 1 heterocycles. The molecule has 2 fully saturated rings. The number of anilines is 1. The molecule has 1 spiro atoms. The maximum atomic E-state index is 12.4. The Bertz CT molecular complexity index is 482. The maximum Gasteiger partial charge on any atom is 0.227 e. The molecule has 3 heteroatoms. The van der Waals surface area contributed by atoms with Gasteiger partial charge < -0.3 is 10.6 Å². The summed E-state index contributed by atoms with van der Waals surface area (Å²) in [5.74, 6) is 0.232. The van der Waals surface area contributed by atoms with Gasteiger partial charge in [-0.25, -0.2) is 0 Å². The molecular weight excluding hydrogens is 248 g/mol. The van der Waals surface area contributed by atoms with Crippen molar-refractivity contribution >= 4 is 11.6 Å². The van der Waals surface area contributed by atoms with E-state index in [1.165, 1.54) is 38.5 Å². The summed E-state index contributed by atoms with van der Waals surface area (Å²) in [7, 11) is 0. The number of piperidine rings is 1. The highest BCUT2D eigenvalue weighted by molar-refractivity contribution is 5.80. The molecule has 0 bridgehead atoms. The number of para-hydroxylation sites is 1. The average Bonchev–Trinajstić information content (AvgIpc) is 2.90. The minimum Gasteiger partial charge on any atom is -0.398 e. The summed E-state index contributed by atoms with van der Waals surface area (Å²) in [4.78, 5) is 14.4. The summed E-state index contributed by atoms with van der Waals surface area (Å²) in [6.07, 6.45) is 8.36. The molecule has 1 saturated carbocycles. The quantitative estimate of drug-likeness (QED) is 0.841. The largest absolute Gasteiger partial charge is 0.398 e. The molecule has 1 amide bonds. The van der Waals surface area contributed by atoms with Gasteiger partial charge in [0.2, 0.25) is 5.91 Å². The first-order valence-electron chi connectivity index (χ1n) is 7.80. The lowest BCUT2D eigenvalue weighted by Gasteiger charge is -2.39. The van der Waals surface area contributed by atoms with Crippen LogP contribution in [0.3, 0.4) is 0 Å². The molecule has 1 aliphatic heterocycles. The van der Waals surface area contributed by atoms with Gasteiger partial charge in [-0.15, -0.1) is 0 Å². The van der Waals surface area contributed by atoms with E-state index in [4.69, 9.17) is 5.73 Å². The third-order valence-electron chi connectivity index (χ3n) is 5.24. The first kappa shape index (κ1) is 13.5. The SMILES string of the molecule is Nc1ccccc1CC(=O)N1CCC2(CCCC2)CC1. The fourth-order valence-electron chi connectivity index (χ4n) is 3.83. The van der Waals surface area contributed by atoms with Crippen LogP contribution < -0.4 is 5.73 Å². The summed E-state index contributed by atoms with van der Waals surface area (Å²) in [6.45, 7) is 1.87. The molecule has 1 aromatic rings. The van der Waals surface area contributed by atoms with Gasteiger partial charge >= 0.3 is 0 Å². The number of nitrogens with two attached hydrogens (primary N) is 1. The molecule has 3 nitrogen and oxygen atoms in total.